The molecule has 2 aromatic rings. The molecule has 3 heterocycles. The lowest BCUT2D eigenvalue weighted by Crippen LogP contribution is -2.55. The second kappa shape index (κ2) is 6.11. The lowest BCUT2D eigenvalue weighted by Gasteiger charge is -2.43. The molecule has 0 saturated carbocycles. The molecule has 0 N–H and O–H groups in total. The van der Waals surface area contributed by atoms with Crippen LogP contribution in [-0.2, 0) is 16.1 Å². The van der Waals surface area contributed by atoms with Crippen molar-refractivity contribution >= 4 is 22.8 Å². The Morgan fingerprint density at radius 3 is 2.83 bits per heavy atom. The van der Waals surface area contributed by atoms with E-state index in [1.165, 1.54) is 13.4 Å². The Labute approximate surface area is 135 Å². The van der Waals surface area contributed by atoms with E-state index in [4.69, 9.17) is 4.74 Å². The summed E-state index contributed by atoms with van der Waals surface area (Å²) in [5, 5.41) is 5.14. The van der Waals surface area contributed by atoms with Gasteiger partial charge in [0.2, 0.25) is 0 Å². The highest BCUT2D eigenvalue weighted by Gasteiger charge is 2.29. The topological polar surface area (TPSA) is 76.4 Å². The smallest absolute Gasteiger partial charge is 0.327 e. The number of fused-ring (bicyclic) bond motifs is 1. The number of likely N-dealkylation sites (N-methyl/N-ethyl adjacent to an activating group) is 1. The molecule has 0 bridgehead atoms. The molecule has 0 spiro atoms. The lowest BCUT2D eigenvalue weighted by atomic mass is 10.1. The molecule has 0 aliphatic carbocycles. The van der Waals surface area contributed by atoms with Crippen molar-refractivity contribution in [3.63, 3.8) is 0 Å². The molecule has 1 saturated heterocycles. The van der Waals surface area contributed by atoms with Gasteiger partial charge in [-0.3, -0.25) is 9.69 Å². The first-order valence-electron chi connectivity index (χ1n) is 7.71. The largest absolute Gasteiger partial charge is 0.468 e. The number of ether oxygens (including phenoxy) is 1. The fourth-order valence-corrected chi connectivity index (χ4v) is 3.01. The molecule has 2 aromatic heterocycles. The summed E-state index contributed by atoms with van der Waals surface area (Å²) in [6.07, 6.45) is 3.26. The number of hydrogen-bond donors (Lipinski definition) is 0. The van der Waals surface area contributed by atoms with Crippen LogP contribution >= 0.6 is 0 Å². The summed E-state index contributed by atoms with van der Waals surface area (Å²) in [7, 11) is 3.50. The molecule has 8 heteroatoms. The zero-order valence-corrected chi connectivity index (χ0v) is 13.9. The van der Waals surface area contributed by atoms with Gasteiger partial charge in [-0.05, 0) is 20.9 Å². The normalized spacial score (nSPS) is 22.5. The fourth-order valence-electron chi connectivity index (χ4n) is 3.01. The highest BCUT2D eigenvalue weighted by molar-refractivity contribution is 5.87. The first-order chi connectivity index (χ1) is 11.0. The molecule has 0 aromatic carbocycles. The van der Waals surface area contributed by atoms with Crippen molar-refractivity contribution in [1.29, 1.82) is 0 Å². The SMILES string of the molecule is COC(=O)Cn1ncc2c(N3C[C@H](C)N(C)C[C@@H]3C)ncnc21. The Morgan fingerprint density at radius 2 is 2.09 bits per heavy atom. The molecule has 0 radical (unpaired) electrons. The van der Waals surface area contributed by atoms with Crippen LogP contribution in [0.5, 0.6) is 0 Å². The molecule has 0 amide bonds. The maximum Gasteiger partial charge on any atom is 0.327 e. The Balaban J connectivity index is 1.97. The van der Waals surface area contributed by atoms with Crippen LogP contribution in [0, 0.1) is 0 Å². The number of carbonyl (C=O) groups excluding carboxylic acids is 1. The second-order valence-corrected chi connectivity index (χ2v) is 6.10. The van der Waals surface area contributed by atoms with E-state index < -0.39 is 0 Å². The molecule has 1 aliphatic heterocycles. The maximum absolute atomic E-state index is 11.5. The molecule has 1 fully saturated rings. The monoisotopic (exact) mass is 318 g/mol. The average Bonchev–Trinajstić information content (AvgIpc) is 2.94. The summed E-state index contributed by atoms with van der Waals surface area (Å²) in [5.74, 6) is 0.523. The van der Waals surface area contributed by atoms with Gasteiger partial charge in [0.25, 0.3) is 0 Å². The summed E-state index contributed by atoms with van der Waals surface area (Å²) >= 11 is 0. The quantitative estimate of drug-likeness (QED) is 0.764. The van der Waals surface area contributed by atoms with Crippen molar-refractivity contribution < 1.29 is 9.53 Å². The minimum atomic E-state index is -0.350. The van der Waals surface area contributed by atoms with Crippen LogP contribution in [0.3, 0.4) is 0 Å². The van der Waals surface area contributed by atoms with Crippen LogP contribution in [-0.4, -0.2) is 69.9 Å². The van der Waals surface area contributed by atoms with E-state index in [0.29, 0.717) is 17.7 Å². The molecule has 124 valence electrons. The van der Waals surface area contributed by atoms with Crippen molar-refractivity contribution in [3.05, 3.63) is 12.5 Å². The summed E-state index contributed by atoms with van der Waals surface area (Å²) in [4.78, 5) is 24.9. The molecule has 0 unspecified atom stereocenters. The lowest BCUT2D eigenvalue weighted by molar-refractivity contribution is -0.141. The Morgan fingerprint density at radius 1 is 1.30 bits per heavy atom. The van der Waals surface area contributed by atoms with E-state index in [2.05, 4.69) is 45.8 Å². The van der Waals surface area contributed by atoms with E-state index in [9.17, 15) is 4.79 Å². The summed E-state index contributed by atoms with van der Waals surface area (Å²) in [6.45, 7) is 6.31. The Hall–Kier alpha value is -2.22. The Kier molecular flexibility index (Phi) is 4.16. The third-order valence-corrected chi connectivity index (χ3v) is 4.49. The average molecular weight is 318 g/mol. The Bertz CT molecular complexity index is 715. The van der Waals surface area contributed by atoms with E-state index in [-0.39, 0.29) is 12.5 Å². The number of rotatable bonds is 3. The summed E-state index contributed by atoms with van der Waals surface area (Å²) in [6, 6.07) is 0.791. The summed E-state index contributed by atoms with van der Waals surface area (Å²) in [5.41, 5.74) is 0.652. The molecule has 23 heavy (non-hydrogen) atoms. The number of piperazine rings is 1. The van der Waals surface area contributed by atoms with Gasteiger partial charge in [-0.2, -0.15) is 5.10 Å². The number of nitrogens with zero attached hydrogens (tertiary/aromatic N) is 6. The highest BCUT2D eigenvalue weighted by atomic mass is 16.5. The van der Waals surface area contributed by atoms with Gasteiger partial charge in [0.1, 0.15) is 18.7 Å². The van der Waals surface area contributed by atoms with Crippen LogP contribution in [0.1, 0.15) is 13.8 Å². The molecule has 3 rings (SSSR count). The number of carbonyl (C=O) groups is 1. The van der Waals surface area contributed by atoms with Crippen molar-refractivity contribution in [2.45, 2.75) is 32.5 Å². The minimum Gasteiger partial charge on any atom is -0.468 e. The van der Waals surface area contributed by atoms with E-state index in [1.54, 1.807) is 10.9 Å². The van der Waals surface area contributed by atoms with Crippen molar-refractivity contribution in [3.8, 4) is 0 Å². The molecule has 1 aliphatic rings. The first-order valence-corrected chi connectivity index (χ1v) is 7.71. The number of anilines is 1. The van der Waals surface area contributed by atoms with E-state index >= 15 is 0 Å². The van der Waals surface area contributed by atoms with Crippen LogP contribution in [0.4, 0.5) is 5.82 Å². The van der Waals surface area contributed by atoms with Crippen LogP contribution in [0.25, 0.3) is 11.0 Å². The second-order valence-electron chi connectivity index (χ2n) is 6.10. The predicted octanol–water partition coefficient (Wildman–Crippen LogP) is 0.528. The standard InChI is InChI=1S/C15H22N6O2/c1-10-7-20(11(2)6-19(10)3)14-12-5-18-21(8-13(22)23-4)15(12)17-9-16-14/h5,9-11H,6-8H2,1-4H3/t10-,11-/m0/s1. The number of aromatic nitrogens is 4. The number of methoxy groups -OCH3 is 1. The summed E-state index contributed by atoms with van der Waals surface area (Å²) < 4.78 is 6.25. The van der Waals surface area contributed by atoms with Gasteiger partial charge in [0.15, 0.2) is 5.65 Å². The predicted molar refractivity (Wildman–Crippen MR) is 86.2 cm³/mol. The van der Waals surface area contributed by atoms with Gasteiger partial charge < -0.3 is 9.64 Å². The van der Waals surface area contributed by atoms with Gasteiger partial charge in [-0.25, -0.2) is 14.6 Å². The van der Waals surface area contributed by atoms with Gasteiger partial charge in [0.05, 0.1) is 18.7 Å². The van der Waals surface area contributed by atoms with Crippen molar-refractivity contribution in [2.75, 3.05) is 32.1 Å². The number of esters is 1. The molecule has 8 nitrogen and oxygen atoms in total. The third-order valence-electron chi connectivity index (χ3n) is 4.49. The van der Waals surface area contributed by atoms with Crippen molar-refractivity contribution in [1.82, 2.24) is 24.6 Å². The molecular weight excluding hydrogens is 296 g/mol. The van der Waals surface area contributed by atoms with Crippen LogP contribution in [0.2, 0.25) is 0 Å². The van der Waals surface area contributed by atoms with Crippen LogP contribution in [0.15, 0.2) is 12.5 Å². The van der Waals surface area contributed by atoms with Gasteiger partial charge in [-0.15, -0.1) is 0 Å². The maximum atomic E-state index is 11.5. The molecule has 2 atom stereocenters. The molecular formula is C15H22N6O2. The minimum absolute atomic E-state index is 0.0468. The van der Waals surface area contributed by atoms with Gasteiger partial charge in [-0.1, -0.05) is 0 Å². The van der Waals surface area contributed by atoms with Gasteiger partial charge in [0, 0.05) is 25.2 Å². The fraction of sp³-hybridized carbons (Fsp3) is 0.600. The highest BCUT2D eigenvalue weighted by Crippen LogP contribution is 2.27. The van der Waals surface area contributed by atoms with E-state index in [1.807, 2.05) is 0 Å². The third kappa shape index (κ3) is 2.86. The van der Waals surface area contributed by atoms with Crippen LogP contribution < -0.4 is 4.90 Å². The van der Waals surface area contributed by atoms with E-state index in [0.717, 1.165) is 24.3 Å². The number of hydrogen-bond acceptors (Lipinski definition) is 7. The zero-order valence-electron chi connectivity index (χ0n) is 13.9. The zero-order chi connectivity index (χ0) is 16.6. The first kappa shape index (κ1) is 15.7. The van der Waals surface area contributed by atoms with Gasteiger partial charge >= 0.3 is 5.97 Å². The van der Waals surface area contributed by atoms with Crippen molar-refractivity contribution in [2.24, 2.45) is 0 Å².